The maximum atomic E-state index is 5.73. The van der Waals surface area contributed by atoms with Crippen LogP contribution in [0.25, 0.3) is 0 Å². The molecule has 1 N–H and O–H groups in total. The first-order valence-corrected chi connectivity index (χ1v) is 8.44. The Morgan fingerprint density at radius 1 is 1.55 bits per heavy atom. The number of rotatable bonds is 7. The first-order chi connectivity index (χ1) is 9.61. The third kappa shape index (κ3) is 4.06. The highest BCUT2D eigenvalue weighted by atomic mass is 79.9. The van der Waals surface area contributed by atoms with Crippen LogP contribution in [0.3, 0.4) is 0 Å². The van der Waals surface area contributed by atoms with E-state index in [2.05, 4.69) is 33.3 Å². The van der Waals surface area contributed by atoms with Crippen molar-refractivity contribution < 1.29 is 4.74 Å². The van der Waals surface area contributed by atoms with Crippen molar-refractivity contribution in [2.75, 3.05) is 13.2 Å². The third-order valence-electron chi connectivity index (χ3n) is 4.06. The fraction of sp³-hybridized carbons (Fsp3) is 0.800. The Hall–Kier alpha value is -0.390. The van der Waals surface area contributed by atoms with Crippen LogP contribution >= 0.6 is 15.9 Å². The van der Waals surface area contributed by atoms with Crippen LogP contribution in [0.15, 0.2) is 4.47 Å². The van der Waals surface area contributed by atoms with Gasteiger partial charge in [-0.25, -0.2) is 0 Å². The largest absolute Gasteiger partial charge is 0.378 e. The van der Waals surface area contributed by atoms with E-state index in [0.717, 1.165) is 42.6 Å². The topological polar surface area (TPSA) is 39.1 Å². The normalized spacial score (nSPS) is 20.5. The van der Waals surface area contributed by atoms with Gasteiger partial charge in [0.25, 0.3) is 0 Å². The van der Waals surface area contributed by atoms with Gasteiger partial charge in [0, 0.05) is 26.1 Å². The second kappa shape index (κ2) is 7.57. The van der Waals surface area contributed by atoms with Gasteiger partial charge in [0.1, 0.15) is 0 Å². The molecule has 2 unspecified atom stereocenters. The molecule has 1 saturated heterocycles. The molecule has 4 nitrogen and oxygen atoms in total. The van der Waals surface area contributed by atoms with E-state index in [9.17, 15) is 0 Å². The van der Waals surface area contributed by atoms with E-state index in [1.807, 2.05) is 18.7 Å². The maximum absolute atomic E-state index is 5.73. The van der Waals surface area contributed by atoms with E-state index in [1.54, 1.807) is 0 Å². The average Bonchev–Trinajstić information content (AvgIpc) is 3.00. The Morgan fingerprint density at radius 3 is 2.90 bits per heavy atom. The zero-order chi connectivity index (χ0) is 14.5. The van der Waals surface area contributed by atoms with Crippen LogP contribution in [-0.2, 0) is 18.2 Å². The highest BCUT2D eigenvalue weighted by Gasteiger charge is 2.20. The molecule has 0 aliphatic carbocycles. The molecule has 1 aliphatic heterocycles. The highest BCUT2D eigenvalue weighted by molar-refractivity contribution is 9.10. The summed E-state index contributed by atoms with van der Waals surface area (Å²) in [5.74, 6) is 0. The van der Waals surface area contributed by atoms with Crippen LogP contribution in [0.5, 0.6) is 0 Å². The summed E-state index contributed by atoms with van der Waals surface area (Å²) in [5, 5.41) is 8.08. The highest BCUT2D eigenvalue weighted by Crippen LogP contribution is 2.23. The minimum absolute atomic E-state index is 0.480. The monoisotopic (exact) mass is 343 g/mol. The van der Waals surface area contributed by atoms with E-state index < -0.39 is 0 Å². The Labute approximate surface area is 130 Å². The molecule has 1 fully saturated rings. The summed E-state index contributed by atoms with van der Waals surface area (Å²) in [4.78, 5) is 0. The van der Waals surface area contributed by atoms with Crippen molar-refractivity contribution in [3.05, 3.63) is 15.9 Å². The molecule has 0 saturated carbocycles. The molecule has 0 aromatic carbocycles. The minimum atomic E-state index is 0.480. The molecular formula is C15H26BrN3O. The number of nitrogens with zero attached hydrogens (tertiary/aromatic N) is 2. The average molecular weight is 344 g/mol. The predicted octanol–water partition coefficient (Wildman–Crippen LogP) is 2.97. The van der Waals surface area contributed by atoms with Gasteiger partial charge in [-0.1, -0.05) is 6.92 Å². The summed E-state index contributed by atoms with van der Waals surface area (Å²) in [6.45, 7) is 6.17. The van der Waals surface area contributed by atoms with Crippen LogP contribution in [0.4, 0.5) is 0 Å². The number of aromatic nitrogens is 2. The smallest absolute Gasteiger partial charge is 0.0738 e. The van der Waals surface area contributed by atoms with Gasteiger partial charge in [-0.3, -0.25) is 4.68 Å². The van der Waals surface area contributed by atoms with Gasteiger partial charge in [0.05, 0.1) is 22.0 Å². The summed E-state index contributed by atoms with van der Waals surface area (Å²) in [5.41, 5.74) is 2.35. The number of likely N-dealkylation sites (N-methyl/N-ethyl adjacent to an activating group) is 1. The van der Waals surface area contributed by atoms with Crippen molar-refractivity contribution in [2.45, 2.75) is 58.1 Å². The number of aryl methyl sites for hydroxylation is 2. The number of nitrogens with one attached hydrogen (secondary N) is 1. The fourth-order valence-corrected chi connectivity index (χ4v) is 3.46. The van der Waals surface area contributed by atoms with Gasteiger partial charge in [0.15, 0.2) is 0 Å². The molecule has 1 aromatic heterocycles. The molecule has 2 heterocycles. The summed E-state index contributed by atoms with van der Waals surface area (Å²) in [6, 6.07) is 0.496. The van der Waals surface area contributed by atoms with E-state index in [0.29, 0.717) is 12.1 Å². The summed E-state index contributed by atoms with van der Waals surface area (Å²) < 4.78 is 8.88. The lowest BCUT2D eigenvalue weighted by molar-refractivity contribution is 0.0995. The van der Waals surface area contributed by atoms with E-state index in [1.165, 1.54) is 18.5 Å². The van der Waals surface area contributed by atoms with Gasteiger partial charge in [-0.05, 0) is 55.1 Å². The minimum Gasteiger partial charge on any atom is -0.378 e. The molecule has 0 amide bonds. The van der Waals surface area contributed by atoms with Crippen LogP contribution in [-0.4, -0.2) is 35.1 Å². The SMILES string of the molecule is CCNC(CCC1CCCO1)Cc1c(Br)c(C)nn1C. The van der Waals surface area contributed by atoms with Crippen LogP contribution in [0, 0.1) is 6.92 Å². The second-order valence-corrected chi connectivity index (χ2v) is 6.43. The zero-order valence-corrected chi connectivity index (χ0v) is 14.4. The molecule has 5 heteroatoms. The van der Waals surface area contributed by atoms with Crippen molar-refractivity contribution in [3.8, 4) is 0 Å². The van der Waals surface area contributed by atoms with E-state index in [-0.39, 0.29) is 0 Å². The lowest BCUT2D eigenvalue weighted by Gasteiger charge is -2.20. The third-order valence-corrected chi connectivity index (χ3v) is 5.09. The number of hydrogen-bond acceptors (Lipinski definition) is 3. The Bertz CT molecular complexity index is 427. The molecule has 114 valence electrons. The van der Waals surface area contributed by atoms with Crippen molar-refractivity contribution in [1.82, 2.24) is 15.1 Å². The summed E-state index contributed by atoms with van der Waals surface area (Å²) in [6.07, 6.45) is 6.27. The Balaban J connectivity index is 1.93. The number of hydrogen-bond donors (Lipinski definition) is 1. The first-order valence-electron chi connectivity index (χ1n) is 7.64. The Kier molecular flexibility index (Phi) is 6.05. The van der Waals surface area contributed by atoms with Crippen LogP contribution in [0.1, 0.15) is 44.0 Å². The maximum Gasteiger partial charge on any atom is 0.0738 e. The van der Waals surface area contributed by atoms with E-state index >= 15 is 0 Å². The molecule has 2 rings (SSSR count). The van der Waals surface area contributed by atoms with Crippen LogP contribution < -0.4 is 5.32 Å². The molecular weight excluding hydrogens is 318 g/mol. The lowest BCUT2D eigenvalue weighted by atomic mass is 10.0. The fourth-order valence-electron chi connectivity index (χ4n) is 2.96. The first kappa shape index (κ1) is 16.0. The van der Waals surface area contributed by atoms with Gasteiger partial charge in [-0.2, -0.15) is 5.10 Å². The molecule has 1 aliphatic rings. The van der Waals surface area contributed by atoms with Gasteiger partial charge < -0.3 is 10.1 Å². The van der Waals surface area contributed by atoms with Crippen LogP contribution in [0.2, 0.25) is 0 Å². The Morgan fingerprint density at radius 2 is 2.35 bits per heavy atom. The molecule has 2 atom stereocenters. The standard InChI is InChI=1S/C15H26BrN3O/c1-4-17-12(7-8-13-6-5-9-20-13)10-14-15(16)11(2)18-19(14)3/h12-13,17H,4-10H2,1-3H3. The number of ether oxygens (including phenoxy) is 1. The van der Waals surface area contributed by atoms with E-state index in [4.69, 9.17) is 4.74 Å². The molecule has 20 heavy (non-hydrogen) atoms. The van der Waals surface area contributed by atoms with Crippen molar-refractivity contribution in [3.63, 3.8) is 0 Å². The van der Waals surface area contributed by atoms with Crippen molar-refractivity contribution in [2.24, 2.45) is 7.05 Å². The zero-order valence-electron chi connectivity index (χ0n) is 12.8. The lowest BCUT2D eigenvalue weighted by Crippen LogP contribution is -2.32. The van der Waals surface area contributed by atoms with Crippen molar-refractivity contribution in [1.29, 1.82) is 0 Å². The van der Waals surface area contributed by atoms with Crippen molar-refractivity contribution >= 4 is 15.9 Å². The summed E-state index contributed by atoms with van der Waals surface area (Å²) >= 11 is 3.66. The molecule has 1 aromatic rings. The summed E-state index contributed by atoms with van der Waals surface area (Å²) in [7, 11) is 2.02. The van der Waals surface area contributed by atoms with Gasteiger partial charge in [0.2, 0.25) is 0 Å². The molecule has 0 spiro atoms. The number of halogens is 1. The molecule has 0 bridgehead atoms. The molecule has 0 radical (unpaired) electrons. The van der Waals surface area contributed by atoms with Gasteiger partial charge >= 0.3 is 0 Å². The van der Waals surface area contributed by atoms with Gasteiger partial charge in [-0.15, -0.1) is 0 Å². The second-order valence-electron chi connectivity index (χ2n) is 5.64. The predicted molar refractivity (Wildman–Crippen MR) is 85.0 cm³/mol. The quantitative estimate of drug-likeness (QED) is 0.827.